The topological polar surface area (TPSA) is 70.7 Å². The molecule has 0 aliphatic carbocycles. The van der Waals surface area contributed by atoms with E-state index >= 15 is 0 Å². The van der Waals surface area contributed by atoms with E-state index in [-0.39, 0.29) is 11.8 Å². The first-order valence-electron chi connectivity index (χ1n) is 9.52. The average molecular weight is 418 g/mol. The van der Waals surface area contributed by atoms with E-state index in [2.05, 4.69) is 10.6 Å². The molecule has 0 aliphatic rings. The molecule has 0 saturated carbocycles. The first-order chi connectivity index (χ1) is 13.8. The van der Waals surface area contributed by atoms with Gasteiger partial charge >= 0.3 is 0 Å². The van der Waals surface area contributed by atoms with Crippen LogP contribution in [-0.4, -0.2) is 44.0 Å². The molecule has 0 atom stereocenters. The highest BCUT2D eigenvalue weighted by atomic mass is 35.5. The minimum Gasteiger partial charge on any atom is -0.493 e. The Balaban J connectivity index is 1.70. The summed E-state index contributed by atoms with van der Waals surface area (Å²) in [6.45, 7) is 3.13. The number of nitrogens with zero attached hydrogens (tertiary/aromatic N) is 1. The van der Waals surface area contributed by atoms with E-state index in [0.717, 1.165) is 22.6 Å². The third-order valence-corrected chi connectivity index (χ3v) is 4.34. The van der Waals surface area contributed by atoms with Crippen LogP contribution < -0.4 is 15.4 Å². The maximum absolute atomic E-state index is 12.1. The number of hydrogen-bond donors (Lipinski definition) is 2. The molecule has 0 unspecified atom stereocenters. The Kier molecular flexibility index (Phi) is 8.96. The van der Waals surface area contributed by atoms with E-state index in [0.29, 0.717) is 37.6 Å². The molecule has 2 aromatic rings. The average Bonchev–Trinajstić information content (AvgIpc) is 2.64. The zero-order valence-corrected chi connectivity index (χ0v) is 17.9. The number of anilines is 1. The monoisotopic (exact) mass is 417 g/mol. The highest BCUT2D eigenvalue weighted by Gasteiger charge is 2.06. The van der Waals surface area contributed by atoms with Gasteiger partial charge in [0.15, 0.2) is 0 Å². The molecule has 0 fully saturated rings. The van der Waals surface area contributed by atoms with Gasteiger partial charge in [0.2, 0.25) is 11.8 Å². The lowest BCUT2D eigenvalue weighted by atomic mass is 10.2. The molecule has 2 rings (SSSR count). The van der Waals surface area contributed by atoms with E-state index in [1.165, 1.54) is 0 Å². The normalized spacial score (nSPS) is 10.7. The minimum absolute atomic E-state index is 0.0384. The molecular weight excluding hydrogens is 390 g/mol. The molecule has 156 valence electrons. The van der Waals surface area contributed by atoms with Crippen molar-refractivity contribution in [3.05, 3.63) is 58.6 Å². The summed E-state index contributed by atoms with van der Waals surface area (Å²) in [5.41, 5.74) is 2.61. The van der Waals surface area contributed by atoms with Crippen LogP contribution in [0.1, 0.15) is 24.0 Å². The van der Waals surface area contributed by atoms with Crippen LogP contribution in [0.4, 0.5) is 5.69 Å². The van der Waals surface area contributed by atoms with Crippen molar-refractivity contribution in [2.75, 3.05) is 32.6 Å². The smallest absolute Gasteiger partial charge is 0.238 e. The summed E-state index contributed by atoms with van der Waals surface area (Å²) < 4.78 is 5.70. The Morgan fingerprint density at radius 2 is 1.90 bits per heavy atom. The number of benzene rings is 2. The number of ether oxygens (including phenoxy) is 1. The van der Waals surface area contributed by atoms with E-state index < -0.39 is 0 Å². The number of likely N-dealkylation sites (N-methyl/N-ethyl adjacent to an activating group) is 1. The maximum atomic E-state index is 12.1. The predicted octanol–water partition coefficient (Wildman–Crippen LogP) is 3.62. The van der Waals surface area contributed by atoms with Crippen molar-refractivity contribution in [3.63, 3.8) is 0 Å². The fraction of sp³-hybridized carbons (Fsp3) is 0.364. The number of nitrogens with one attached hydrogen (secondary N) is 2. The Morgan fingerprint density at radius 1 is 1.10 bits per heavy atom. The van der Waals surface area contributed by atoms with Crippen LogP contribution in [0.3, 0.4) is 0 Å². The van der Waals surface area contributed by atoms with E-state index in [1.807, 2.05) is 57.4 Å². The summed E-state index contributed by atoms with van der Waals surface area (Å²) in [4.78, 5) is 25.7. The maximum Gasteiger partial charge on any atom is 0.238 e. The number of rotatable bonds is 10. The van der Waals surface area contributed by atoms with E-state index in [9.17, 15) is 9.59 Å². The Labute approximate surface area is 177 Å². The largest absolute Gasteiger partial charge is 0.493 e. The molecule has 2 aromatic carbocycles. The van der Waals surface area contributed by atoms with Gasteiger partial charge in [-0.1, -0.05) is 23.7 Å². The Hall–Kier alpha value is -2.57. The molecular formula is C22H28ClN3O3. The molecule has 0 heterocycles. The Bertz CT molecular complexity index is 840. The number of aryl methyl sites for hydroxylation is 1. The zero-order valence-electron chi connectivity index (χ0n) is 17.1. The SMILES string of the molecule is Cc1cc(Cl)ccc1OCCCC(=O)NCc1cccc(NC(=O)CN(C)C)c1. The van der Waals surface area contributed by atoms with Crippen LogP contribution >= 0.6 is 11.6 Å². The summed E-state index contributed by atoms with van der Waals surface area (Å²) in [6.07, 6.45) is 1.00. The zero-order chi connectivity index (χ0) is 21.2. The van der Waals surface area contributed by atoms with Gasteiger partial charge in [0.1, 0.15) is 5.75 Å². The van der Waals surface area contributed by atoms with Crippen LogP contribution in [0.2, 0.25) is 5.02 Å². The number of hydrogen-bond acceptors (Lipinski definition) is 4. The first kappa shape index (κ1) is 22.7. The Morgan fingerprint density at radius 3 is 2.62 bits per heavy atom. The van der Waals surface area contributed by atoms with Gasteiger partial charge in [0.05, 0.1) is 13.2 Å². The molecule has 0 spiro atoms. The number of amides is 2. The van der Waals surface area contributed by atoms with Gasteiger partial charge in [-0.15, -0.1) is 0 Å². The molecule has 0 bridgehead atoms. The summed E-state index contributed by atoms with van der Waals surface area (Å²) >= 11 is 5.93. The van der Waals surface area contributed by atoms with Gasteiger partial charge in [0.25, 0.3) is 0 Å². The van der Waals surface area contributed by atoms with Gasteiger partial charge in [-0.2, -0.15) is 0 Å². The summed E-state index contributed by atoms with van der Waals surface area (Å²) in [7, 11) is 3.68. The lowest BCUT2D eigenvalue weighted by Gasteiger charge is -2.11. The van der Waals surface area contributed by atoms with Crippen molar-refractivity contribution >= 4 is 29.1 Å². The molecule has 0 radical (unpaired) electrons. The fourth-order valence-corrected chi connectivity index (χ4v) is 2.95. The molecule has 0 aliphatic heterocycles. The standard InChI is InChI=1S/C22H28ClN3O3/c1-16-12-18(23)9-10-20(16)29-11-5-8-21(27)24-14-17-6-4-7-19(13-17)25-22(28)15-26(2)3/h4,6-7,9-10,12-13H,5,8,11,14-15H2,1-3H3,(H,24,27)(H,25,28). The van der Waals surface area contributed by atoms with Gasteiger partial charge in [-0.3, -0.25) is 9.59 Å². The fourth-order valence-electron chi connectivity index (χ4n) is 2.73. The number of carbonyl (C=O) groups excluding carboxylic acids is 2. The van der Waals surface area contributed by atoms with Crippen LogP contribution in [0.25, 0.3) is 0 Å². The second kappa shape index (κ2) is 11.4. The summed E-state index contributed by atoms with van der Waals surface area (Å²) in [6, 6.07) is 12.9. The number of carbonyl (C=O) groups is 2. The molecule has 0 saturated heterocycles. The number of halogens is 1. The van der Waals surface area contributed by atoms with Crippen LogP contribution in [0.15, 0.2) is 42.5 Å². The summed E-state index contributed by atoms with van der Waals surface area (Å²) in [5.74, 6) is 0.665. The quantitative estimate of drug-likeness (QED) is 0.579. The molecule has 7 heteroatoms. The highest BCUT2D eigenvalue weighted by molar-refractivity contribution is 6.30. The van der Waals surface area contributed by atoms with Gasteiger partial charge in [-0.05, 0) is 68.9 Å². The van der Waals surface area contributed by atoms with Crippen LogP contribution in [-0.2, 0) is 16.1 Å². The van der Waals surface area contributed by atoms with Crippen molar-refractivity contribution in [2.45, 2.75) is 26.3 Å². The van der Waals surface area contributed by atoms with Crippen molar-refractivity contribution in [2.24, 2.45) is 0 Å². The lowest BCUT2D eigenvalue weighted by Crippen LogP contribution is -2.27. The van der Waals surface area contributed by atoms with Crippen LogP contribution in [0.5, 0.6) is 5.75 Å². The first-order valence-corrected chi connectivity index (χ1v) is 9.90. The van der Waals surface area contributed by atoms with E-state index in [1.54, 1.807) is 11.0 Å². The third-order valence-electron chi connectivity index (χ3n) is 4.10. The predicted molar refractivity (Wildman–Crippen MR) is 116 cm³/mol. The second-order valence-corrected chi connectivity index (χ2v) is 7.56. The molecule has 29 heavy (non-hydrogen) atoms. The molecule has 2 amide bonds. The van der Waals surface area contributed by atoms with Crippen molar-refractivity contribution in [3.8, 4) is 5.75 Å². The van der Waals surface area contributed by atoms with Crippen molar-refractivity contribution in [1.82, 2.24) is 10.2 Å². The summed E-state index contributed by atoms with van der Waals surface area (Å²) in [5, 5.41) is 6.42. The molecule has 0 aromatic heterocycles. The minimum atomic E-state index is -0.0768. The van der Waals surface area contributed by atoms with Crippen molar-refractivity contribution in [1.29, 1.82) is 0 Å². The van der Waals surface area contributed by atoms with Crippen LogP contribution in [0, 0.1) is 6.92 Å². The third kappa shape index (κ3) is 8.54. The van der Waals surface area contributed by atoms with Gasteiger partial charge < -0.3 is 20.3 Å². The van der Waals surface area contributed by atoms with Gasteiger partial charge in [0, 0.05) is 23.7 Å². The molecule has 6 nitrogen and oxygen atoms in total. The van der Waals surface area contributed by atoms with Crippen molar-refractivity contribution < 1.29 is 14.3 Å². The second-order valence-electron chi connectivity index (χ2n) is 7.12. The van der Waals surface area contributed by atoms with E-state index in [4.69, 9.17) is 16.3 Å². The highest BCUT2D eigenvalue weighted by Crippen LogP contribution is 2.21. The van der Waals surface area contributed by atoms with Gasteiger partial charge in [-0.25, -0.2) is 0 Å². The lowest BCUT2D eigenvalue weighted by molar-refractivity contribution is -0.121. The molecule has 2 N–H and O–H groups in total.